The Balaban J connectivity index is 0.00000256. The average molecular weight is 259 g/mol. The molecule has 94 valence electrons. The first kappa shape index (κ1) is 15.4. The maximum atomic E-state index is 11.3. The van der Waals surface area contributed by atoms with E-state index in [1.54, 1.807) is 18.2 Å². The van der Waals surface area contributed by atoms with Crippen molar-refractivity contribution in [2.75, 3.05) is 19.0 Å². The fourth-order valence-electron chi connectivity index (χ4n) is 1.20. The maximum Gasteiger partial charge on any atom is 0.337 e. The number of nitrogens with two attached hydrogens (primary N) is 1. The molecule has 0 radical (unpaired) electrons. The lowest BCUT2D eigenvalue weighted by molar-refractivity contribution is -0.114. The number of ether oxygens (including phenoxy) is 1. The third kappa shape index (κ3) is 4.05. The largest absolute Gasteiger partial charge is 0.465 e. The first-order chi connectivity index (χ1) is 7.58. The fourth-order valence-corrected chi connectivity index (χ4v) is 1.20. The van der Waals surface area contributed by atoms with Crippen LogP contribution in [0.4, 0.5) is 5.69 Å². The van der Waals surface area contributed by atoms with Crippen LogP contribution in [0.5, 0.6) is 0 Å². The van der Waals surface area contributed by atoms with Crippen LogP contribution in [0.2, 0.25) is 0 Å². The lowest BCUT2D eigenvalue weighted by atomic mass is 10.1. The van der Waals surface area contributed by atoms with Crippen molar-refractivity contribution >= 4 is 30.0 Å². The quantitative estimate of drug-likeness (QED) is 0.796. The van der Waals surface area contributed by atoms with Gasteiger partial charge in [0.25, 0.3) is 0 Å². The highest BCUT2D eigenvalue weighted by Gasteiger charge is 2.09. The van der Waals surface area contributed by atoms with Gasteiger partial charge in [0.15, 0.2) is 0 Å². The highest BCUT2D eigenvalue weighted by Crippen LogP contribution is 2.17. The van der Waals surface area contributed by atoms with Crippen LogP contribution in [0.1, 0.15) is 15.9 Å². The van der Waals surface area contributed by atoms with E-state index in [1.807, 2.05) is 6.92 Å². The third-order valence-corrected chi connectivity index (χ3v) is 2.12. The summed E-state index contributed by atoms with van der Waals surface area (Å²) in [6.07, 6.45) is 0. The summed E-state index contributed by atoms with van der Waals surface area (Å²) in [5, 5.41) is 2.61. The van der Waals surface area contributed by atoms with Gasteiger partial charge in [-0.1, -0.05) is 6.07 Å². The van der Waals surface area contributed by atoms with Gasteiger partial charge in [-0.05, 0) is 24.6 Å². The smallest absolute Gasteiger partial charge is 0.337 e. The Hall–Kier alpha value is -1.59. The van der Waals surface area contributed by atoms with Crippen molar-refractivity contribution in [1.82, 2.24) is 0 Å². The number of carbonyl (C=O) groups excluding carboxylic acids is 2. The van der Waals surface area contributed by atoms with E-state index < -0.39 is 5.97 Å². The van der Waals surface area contributed by atoms with Gasteiger partial charge in [0.1, 0.15) is 0 Å². The zero-order valence-corrected chi connectivity index (χ0v) is 10.5. The van der Waals surface area contributed by atoms with Crippen molar-refractivity contribution in [2.45, 2.75) is 6.92 Å². The molecule has 1 aromatic rings. The SMILES string of the molecule is COC(=O)c1ccc(C)c(NC(=O)CN)c1.Cl. The molecule has 0 aliphatic carbocycles. The van der Waals surface area contributed by atoms with Crippen LogP contribution in [-0.2, 0) is 9.53 Å². The van der Waals surface area contributed by atoms with Crippen molar-refractivity contribution in [1.29, 1.82) is 0 Å². The summed E-state index contributed by atoms with van der Waals surface area (Å²) < 4.78 is 4.59. The van der Waals surface area contributed by atoms with E-state index >= 15 is 0 Å². The standard InChI is InChI=1S/C11H14N2O3.ClH/c1-7-3-4-8(11(15)16-2)5-9(7)13-10(14)6-12;/h3-5H,6,12H2,1-2H3,(H,13,14);1H. The van der Waals surface area contributed by atoms with E-state index in [0.29, 0.717) is 11.3 Å². The van der Waals surface area contributed by atoms with Crippen LogP contribution in [0, 0.1) is 6.92 Å². The minimum absolute atomic E-state index is 0. The van der Waals surface area contributed by atoms with Crippen LogP contribution in [-0.4, -0.2) is 25.5 Å². The Morgan fingerprint density at radius 3 is 2.59 bits per heavy atom. The van der Waals surface area contributed by atoms with Crippen molar-refractivity contribution in [3.05, 3.63) is 29.3 Å². The number of esters is 1. The number of anilines is 1. The highest BCUT2D eigenvalue weighted by atomic mass is 35.5. The molecular weight excluding hydrogens is 244 g/mol. The summed E-state index contributed by atoms with van der Waals surface area (Å²) in [5.41, 5.74) is 7.00. The number of carbonyl (C=O) groups is 2. The van der Waals surface area contributed by atoms with Crippen molar-refractivity contribution < 1.29 is 14.3 Å². The summed E-state index contributed by atoms with van der Waals surface area (Å²) >= 11 is 0. The Labute approximate surface area is 106 Å². The summed E-state index contributed by atoms with van der Waals surface area (Å²) in [5.74, 6) is -0.742. The predicted octanol–water partition coefficient (Wildman–Crippen LogP) is 1.10. The third-order valence-electron chi connectivity index (χ3n) is 2.12. The Bertz CT molecular complexity index is 421. The molecule has 0 aromatic heterocycles. The van der Waals surface area contributed by atoms with E-state index in [0.717, 1.165) is 5.56 Å². The molecule has 5 nitrogen and oxygen atoms in total. The summed E-state index contributed by atoms with van der Waals surface area (Å²) in [6.45, 7) is 1.73. The van der Waals surface area contributed by atoms with Gasteiger partial charge < -0.3 is 15.8 Å². The summed E-state index contributed by atoms with van der Waals surface area (Å²) in [4.78, 5) is 22.4. The molecule has 0 saturated carbocycles. The molecular formula is C11H15ClN2O3. The minimum Gasteiger partial charge on any atom is -0.465 e. The van der Waals surface area contributed by atoms with E-state index in [1.165, 1.54) is 7.11 Å². The number of methoxy groups -OCH3 is 1. The molecule has 3 N–H and O–H groups in total. The Morgan fingerprint density at radius 2 is 2.06 bits per heavy atom. The van der Waals surface area contributed by atoms with E-state index in [-0.39, 0.29) is 24.9 Å². The van der Waals surface area contributed by atoms with Crippen LogP contribution in [0.25, 0.3) is 0 Å². The van der Waals surface area contributed by atoms with Crippen molar-refractivity contribution in [3.63, 3.8) is 0 Å². The number of benzene rings is 1. The zero-order chi connectivity index (χ0) is 12.1. The van der Waals surface area contributed by atoms with Gasteiger partial charge in [-0.3, -0.25) is 4.79 Å². The topological polar surface area (TPSA) is 81.4 Å². The molecule has 1 rings (SSSR count). The molecule has 0 bridgehead atoms. The second kappa shape index (κ2) is 6.88. The normalized spacial score (nSPS) is 9.12. The van der Waals surface area contributed by atoms with Crippen molar-refractivity contribution in [2.24, 2.45) is 5.73 Å². The highest BCUT2D eigenvalue weighted by molar-refractivity contribution is 5.96. The Kier molecular flexibility index (Phi) is 6.23. The van der Waals surface area contributed by atoms with Crippen LogP contribution >= 0.6 is 12.4 Å². The summed E-state index contributed by atoms with van der Waals surface area (Å²) in [6, 6.07) is 4.94. The van der Waals surface area contributed by atoms with Crippen molar-refractivity contribution in [3.8, 4) is 0 Å². The van der Waals surface area contributed by atoms with Gasteiger partial charge >= 0.3 is 5.97 Å². The lowest BCUT2D eigenvalue weighted by Gasteiger charge is -2.08. The molecule has 6 heteroatoms. The van der Waals surface area contributed by atoms with Crippen LogP contribution < -0.4 is 11.1 Å². The number of aryl methyl sites for hydroxylation is 1. The first-order valence-corrected chi connectivity index (χ1v) is 4.77. The minimum atomic E-state index is -0.441. The summed E-state index contributed by atoms with van der Waals surface area (Å²) in [7, 11) is 1.31. The van der Waals surface area contributed by atoms with E-state index in [9.17, 15) is 9.59 Å². The molecule has 0 spiro atoms. The predicted molar refractivity (Wildman–Crippen MR) is 67.5 cm³/mol. The molecule has 0 heterocycles. The zero-order valence-electron chi connectivity index (χ0n) is 9.65. The molecule has 0 aliphatic heterocycles. The molecule has 0 atom stereocenters. The lowest BCUT2D eigenvalue weighted by Crippen LogP contribution is -2.22. The molecule has 1 amide bonds. The molecule has 1 aromatic carbocycles. The molecule has 0 unspecified atom stereocenters. The van der Waals surface area contributed by atoms with Gasteiger partial charge in [-0.25, -0.2) is 4.79 Å². The second-order valence-electron chi connectivity index (χ2n) is 3.27. The van der Waals surface area contributed by atoms with E-state index in [2.05, 4.69) is 10.1 Å². The fraction of sp³-hybridized carbons (Fsp3) is 0.273. The first-order valence-electron chi connectivity index (χ1n) is 4.77. The number of rotatable bonds is 3. The average Bonchev–Trinajstić information content (AvgIpc) is 2.30. The molecule has 17 heavy (non-hydrogen) atoms. The van der Waals surface area contributed by atoms with Gasteiger partial charge in [0.05, 0.1) is 19.2 Å². The number of hydrogen-bond acceptors (Lipinski definition) is 4. The van der Waals surface area contributed by atoms with E-state index in [4.69, 9.17) is 5.73 Å². The monoisotopic (exact) mass is 258 g/mol. The van der Waals surface area contributed by atoms with Gasteiger partial charge in [-0.2, -0.15) is 0 Å². The number of halogens is 1. The Morgan fingerprint density at radius 1 is 1.41 bits per heavy atom. The number of nitrogens with one attached hydrogen (secondary N) is 1. The number of hydrogen-bond donors (Lipinski definition) is 2. The maximum absolute atomic E-state index is 11.3. The van der Waals surface area contributed by atoms with Crippen LogP contribution in [0.15, 0.2) is 18.2 Å². The molecule has 0 fully saturated rings. The number of amides is 1. The van der Waals surface area contributed by atoms with Crippen LogP contribution in [0.3, 0.4) is 0 Å². The molecule has 0 aliphatic rings. The van der Waals surface area contributed by atoms with Gasteiger partial charge in [-0.15, -0.1) is 12.4 Å². The van der Waals surface area contributed by atoms with Gasteiger partial charge in [0, 0.05) is 5.69 Å². The van der Waals surface area contributed by atoms with Gasteiger partial charge in [0.2, 0.25) is 5.91 Å². The molecule has 0 saturated heterocycles. The second-order valence-corrected chi connectivity index (χ2v) is 3.27.